The smallest absolute Gasteiger partial charge is 0.161 e. The molecule has 0 aromatic carbocycles. The van der Waals surface area contributed by atoms with Gasteiger partial charge in [0.25, 0.3) is 0 Å². The minimum Gasteiger partial charge on any atom is -0.161 e. The monoisotopic (exact) mass is 361 g/mol. The summed E-state index contributed by atoms with van der Waals surface area (Å²) in [5.41, 5.74) is 0. The maximum atomic E-state index is 10.5. The van der Waals surface area contributed by atoms with E-state index in [1.54, 1.807) is 0 Å². The molecule has 0 spiro atoms. The van der Waals surface area contributed by atoms with Crippen LogP contribution < -0.4 is 0 Å². The Morgan fingerprint density at radius 3 is 1.57 bits per heavy atom. The Balaban J connectivity index is 3.16. The van der Waals surface area contributed by atoms with E-state index in [4.69, 9.17) is 17.1 Å². The van der Waals surface area contributed by atoms with E-state index in [1.165, 1.54) is 75.5 Å². The van der Waals surface area contributed by atoms with E-state index in [-0.39, 0.29) is 0 Å². The summed E-state index contributed by atoms with van der Waals surface area (Å²) in [4.78, 5) is 9.92. The summed E-state index contributed by atoms with van der Waals surface area (Å²) in [6, 6.07) is 0. The summed E-state index contributed by atoms with van der Waals surface area (Å²) < 4.78 is 10.5. The quantitative estimate of drug-likeness (QED) is 0.157. The number of unbranched alkanes of at least 4 members (excludes halogenated alkanes) is 12. The van der Waals surface area contributed by atoms with Gasteiger partial charge in [-0.2, -0.15) is 4.89 Å². The molecule has 0 aromatic rings. The maximum absolute atomic E-state index is 10.5. The van der Waals surface area contributed by atoms with Gasteiger partial charge in [-0.1, -0.05) is 83.3 Å². The second kappa shape index (κ2) is 18.5. The second-order valence-electron chi connectivity index (χ2n) is 6.71. The molecule has 2 nitrogen and oxygen atoms in total. The number of hydrogen-bond acceptors (Lipinski definition) is 2. The van der Waals surface area contributed by atoms with Crippen LogP contribution in [0, 0.1) is 0 Å². The van der Waals surface area contributed by atoms with Crippen molar-refractivity contribution < 1.29 is 9.46 Å². The van der Waals surface area contributed by atoms with Gasteiger partial charge >= 0.3 is 8.03 Å². The van der Waals surface area contributed by atoms with E-state index < -0.39 is 8.03 Å². The molecule has 0 saturated carbocycles. The van der Waals surface area contributed by atoms with Crippen LogP contribution in [-0.2, 0) is 4.57 Å². The van der Waals surface area contributed by atoms with Crippen LogP contribution in [0.25, 0.3) is 0 Å². The second-order valence-corrected chi connectivity index (χ2v) is 8.44. The molecule has 0 aromatic heterocycles. The number of thiocarbonyl (C=S) groups is 1. The van der Waals surface area contributed by atoms with Crippen LogP contribution in [0.15, 0.2) is 0 Å². The Kier molecular flexibility index (Phi) is 18.6. The van der Waals surface area contributed by atoms with Gasteiger partial charge in [0.15, 0.2) is 6.16 Å². The minimum absolute atomic E-state index is 0.445. The van der Waals surface area contributed by atoms with Gasteiger partial charge in [-0.05, 0) is 48.0 Å². The lowest BCUT2D eigenvalue weighted by molar-refractivity contribution is 0.500. The zero-order valence-electron chi connectivity index (χ0n) is 15.2. The fraction of sp³-hybridized carbons (Fsp3) is 0.947. The van der Waals surface area contributed by atoms with E-state index in [1.807, 2.05) is 0 Å². The van der Waals surface area contributed by atoms with Crippen LogP contribution in [0.5, 0.6) is 0 Å². The van der Waals surface area contributed by atoms with Crippen molar-refractivity contribution in [3.63, 3.8) is 0 Å². The first-order chi connectivity index (χ1) is 11.2. The largest absolute Gasteiger partial charge is 0.505 e. The molecule has 0 heterocycles. The van der Waals surface area contributed by atoms with Gasteiger partial charge in [-0.25, -0.2) is 0 Å². The Bertz CT molecular complexity index is 295. The molecular weight excluding hydrogens is 323 g/mol. The van der Waals surface area contributed by atoms with Crippen molar-refractivity contribution >= 4 is 25.1 Å². The van der Waals surface area contributed by atoms with Crippen molar-refractivity contribution in [3.05, 3.63) is 0 Å². The third-order valence-electron chi connectivity index (χ3n) is 4.36. The highest BCUT2D eigenvalue weighted by Gasteiger charge is 2.08. The fourth-order valence-electron chi connectivity index (χ4n) is 2.86. The van der Waals surface area contributed by atoms with Crippen LogP contribution in [0.3, 0.4) is 0 Å². The molecule has 1 N–H and O–H groups in total. The lowest BCUT2D eigenvalue weighted by Crippen LogP contribution is -1.95. The third kappa shape index (κ3) is 20.1. The van der Waals surface area contributed by atoms with Crippen LogP contribution >= 0.6 is 20.2 Å². The number of hydrogen-bond donors (Lipinski definition) is 1. The zero-order valence-corrected chi connectivity index (χ0v) is 16.9. The van der Waals surface area contributed by atoms with Gasteiger partial charge in [0.1, 0.15) is 0 Å². The average molecular weight is 362 g/mol. The SMILES string of the molecule is CCCCCCCCCCCCCC(=S)CCCCC[P+](=O)O. The molecule has 0 rings (SSSR count). The molecule has 0 aliphatic heterocycles. The van der Waals surface area contributed by atoms with Gasteiger partial charge in [0.2, 0.25) is 0 Å². The Labute approximate surface area is 150 Å². The summed E-state index contributed by atoms with van der Waals surface area (Å²) in [5, 5.41) is 0. The molecule has 1 atom stereocenters. The predicted molar refractivity (Wildman–Crippen MR) is 107 cm³/mol. The molecule has 0 aliphatic carbocycles. The van der Waals surface area contributed by atoms with Crippen LogP contribution in [0.4, 0.5) is 0 Å². The molecule has 23 heavy (non-hydrogen) atoms. The first-order valence-electron chi connectivity index (χ1n) is 9.82. The van der Waals surface area contributed by atoms with Crippen molar-refractivity contribution in [2.45, 2.75) is 110 Å². The highest BCUT2D eigenvalue weighted by atomic mass is 32.1. The van der Waals surface area contributed by atoms with Gasteiger partial charge in [0, 0.05) is 0 Å². The van der Waals surface area contributed by atoms with E-state index in [0.717, 1.165) is 32.1 Å². The maximum Gasteiger partial charge on any atom is 0.505 e. The van der Waals surface area contributed by atoms with Crippen molar-refractivity contribution in [1.29, 1.82) is 0 Å². The summed E-state index contributed by atoms with van der Waals surface area (Å²) in [6.45, 7) is 2.27. The fourth-order valence-corrected chi connectivity index (χ4v) is 3.64. The molecule has 1 unspecified atom stereocenters. The lowest BCUT2D eigenvalue weighted by atomic mass is 10.0. The van der Waals surface area contributed by atoms with Crippen molar-refractivity contribution in [1.82, 2.24) is 0 Å². The van der Waals surface area contributed by atoms with Gasteiger partial charge < -0.3 is 0 Å². The summed E-state index contributed by atoms with van der Waals surface area (Å²) >= 11 is 5.42. The molecule has 0 aliphatic rings. The first kappa shape index (κ1) is 23.1. The lowest BCUT2D eigenvalue weighted by Gasteiger charge is -2.04. The first-order valence-corrected chi connectivity index (χ1v) is 11.6. The van der Waals surface area contributed by atoms with Crippen molar-refractivity contribution in [3.8, 4) is 0 Å². The standard InChI is InChI=1S/C19H37O2PS/c1-2-3-4-5-6-7-8-9-10-11-13-16-19(23)17-14-12-15-18-22(20)21/h2-18H2,1H3/p+1. The summed E-state index contributed by atoms with van der Waals surface area (Å²) in [6.07, 6.45) is 20.7. The normalized spacial score (nSPS) is 11.7. The van der Waals surface area contributed by atoms with E-state index >= 15 is 0 Å². The van der Waals surface area contributed by atoms with E-state index in [2.05, 4.69) is 6.92 Å². The Hall–Kier alpha value is 0.150. The highest BCUT2D eigenvalue weighted by Crippen LogP contribution is 2.17. The zero-order chi connectivity index (χ0) is 17.2. The third-order valence-corrected chi connectivity index (χ3v) is 5.47. The van der Waals surface area contributed by atoms with Gasteiger partial charge in [-0.3, -0.25) is 0 Å². The van der Waals surface area contributed by atoms with Crippen LogP contribution in [-0.4, -0.2) is 15.9 Å². The number of rotatable bonds is 18. The van der Waals surface area contributed by atoms with Crippen LogP contribution in [0.2, 0.25) is 0 Å². The summed E-state index contributed by atoms with van der Waals surface area (Å²) in [7, 11) is -1.94. The highest BCUT2D eigenvalue weighted by molar-refractivity contribution is 7.80. The topological polar surface area (TPSA) is 37.3 Å². The van der Waals surface area contributed by atoms with Crippen molar-refractivity contribution in [2.24, 2.45) is 0 Å². The molecule has 0 radical (unpaired) electrons. The molecule has 0 fully saturated rings. The van der Waals surface area contributed by atoms with Crippen LogP contribution in [0.1, 0.15) is 110 Å². The molecule has 0 amide bonds. The molecule has 4 heteroatoms. The Morgan fingerprint density at radius 2 is 1.13 bits per heavy atom. The predicted octanol–water partition coefficient (Wildman–Crippen LogP) is 7.35. The van der Waals surface area contributed by atoms with Gasteiger partial charge in [-0.15, -0.1) is 0 Å². The van der Waals surface area contributed by atoms with Gasteiger partial charge in [0.05, 0.1) is 0 Å². The summed E-state index contributed by atoms with van der Waals surface area (Å²) in [5.74, 6) is 0. The molecule has 136 valence electrons. The molecule has 0 saturated heterocycles. The van der Waals surface area contributed by atoms with Crippen molar-refractivity contribution in [2.75, 3.05) is 6.16 Å². The minimum atomic E-state index is -1.94. The van der Waals surface area contributed by atoms with E-state index in [9.17, 15) is 4.57 Å². The average Bonchev–Trinajstić information content (AvgIpc) is 2.52. The van der Waals surface area contributed by atoms with E-state index in [0.29, 0.717) is 6.16 Å². The molecular formula is C19H38O2PS+. The molecule has 0 bridgehead atoms. The Morgan fingerprint density at radius 1 is 0.739 bits per heavy atom.